The second kappa shape index (κ2) is 7.85. The molecule has 0 saturated carbocycles. The summed E-state index contributed by atoms with van der Waals surface area (Å²) in [6, 6.07) is 6.41. The second-order valence-corrected chi connectivity index (χ2v) is 8.37. The maximum absolute atomic E-state index is 12.2. The Hall–Kier alpha value is -1.00. The van der Waals surface area contributed by atoms with Crippen LogP contribution in [0.15, 0.2) is 29.2 Å². The Morgan fingerprint density at radius 2 is 1.90 bits per heavy atom. The third-order valence-corrected chi connectivity index (χ3v) is 5.54. The van der Waals surface area contributed by atoms with Gasteiger partial charge >= 0.3 is 0 Å². The van der Waals surface area contributed by atoms with Crippen molar-refractivity contribution in [2.24, 2.45) is 0 Å². The first kappa shape index (κ1) is 18.1. The van der Waals surface area contributed by atoms with E-state index in [0.29, 0.717) is 13.0 Å². The summed E-state index contributed by atoms with van der Waals surface area (Å²) < 4.78 is 26.8. The number of aliphatic hydroxyl groups is 1. The molecule has 4 nitrogen and oxygen atoms in total. The highest BCUT2D eigenvalue weighted by molar-refractivity contribution is 8.00. The van der Waals surface area contributed by atoms with Crippen LogP contribution in [0.1, 0.15) is 25.8 Å². The summed E-state index contributed by atoms with van der Waals surface area (Å²) in [4.78, 5) is 0.229. The zero-order valence-corrected chi connectivity index (χ0v) is 14.1. The highest BCUT2D eigenvalue weighted by Gasteiger charge is 2.21. The number of hydrogen-bond acceptors (Lipinski definition) is 4. The van der Waals surface area contributed by atoms with Crippen LogP contribution in [0.5, 0.6) is 0 Å². The number of benzene rings is 1. The molecule has 0 spiro atoms. The molecule has 1 aromatic carbocycles. The Morgan fingerprint density at radius 3 is 2.43 bits per heavy atom. The fourth-order valence-corrected chi connectivity index (χ4v) is 2.88. The molecule has 0 bridgehead atoms. The molecule has 0 aromatic heterocycles. The number of nitrogens with one attached hydrogen (secondary N) is 1. The number of hydrogen-bond donors (Lipinski definition) is 2. The third-order valence-electron chi connectivity index (χ3n) is 2.87. The second-order valence-electron chi connectivity index (χ2n) is 5.09. The van der Waals surface area contributed by atoms with E-state index in [-0.39, 0.29) is 16.2 Å². The minimum Gasteiger partial charge on any atom is -0.395 e. The molecule has 0 aliphatic carbocycles. The Labute approximate surface area is 131 Å². The lowest BCUT2D eigenvalue weighted by Gasteiger charge is -2.22. The van der Waals surface area contributed by atoms with Crippen molar-refractivity contribution in [1.29, 1.82) is 0 Å². The molecule has 0 amide bonds. The molecule has 0 radical (unpaired) electrons. The number of sulfonamides is 1. The number of rotatable bonds is 6. The first-order valence-corrected chi connectivity index (χ1v) is 9.26. The molecule has 1 rings (SSSR count). The fourth-order valence-electron chi connectivity index (χ4n) is 1.36. The van der Waals surface area contributed by atoms with Crippen LogP contribution in [0.4, 0.5) is 0 Å². The molecule has 116 valence electrons. The van der Waals surface area contributed by atoms with Crippen molar-refractivity contribution in [3.63, 3.8) is 0 Å². The Morgan fingerprint density at radius 1 is 1.29 bits per heavy atom. The van der Waals surface area contributed by atoms with Crippen LogP contribution in [0.3, 0.4) is 0 Å². The lowest BCUT2D eigenvalue weighted by atomic mass is 10.2. The lowest BCUT2D eigenvalue weighted by molar-refractivity contribution is 0.305. The lowest BCUT2D eigenvalue weighted by Crippen LogP contribution is -2.36. The van der Waals surface area contributed by atoms with Crippen LogP contribution in [0, 0.1) is 11.8 Å². The average molecular weight is 327 g/mol. The molecule has 0 atom stereocenters. The summed E-state index contributed by atoms with van der Waals surface area (Å²) in [6.45, 7) is 4.36. The van der Waals surface area contributed by atoms with Gasteiger partial charge in [0.2, 0.25) is 10.0 Å². The van der Waals surface area contributed by atoms with Crippen molar-refractivity contribution in [3.8, 4) is 11.8 Å². The van der Waals surface area contributed by atoms with Gasteiger partial charge in [-0.05, 0) is 44.4 Å². The smallest absolute Gasteiger partial charge is 0.240 e. The summed E-state index contributed by atoms with van der Waals surface area (Å²) in [5, 5.41) is 8.65. The molecule has 6 heteroatoms. The molecule has 2 N–H and O–H groups in total. The Kier molecular flexibility index (Phi) is 6.75. The van der Waals surface area contributed by atoms with E-state index in [0.717, 1.165) is 5.56 Å². The predicted molar refractivity (Wildman–Crippen MR) is 87.8 cm³/mol. The number of aliphatic hydroxyl groups excluding tert-OH is 1. The summed E-state index contributed by atoms with van der Waals surface area (Å²) in [6.07, 6.45) is 2.36. The van der Waals surface area contributed by atoms with Gasteiger partial charge < -0.3 is 5.11 Å². The quantitative estimate of drug-likeness (QED) is 0.783. The third kappa shape index (κ3) is 6.10. The van der Waals surface area contributed by atoms with E-state index >= 15 is 0 Å². The maximum Gasteiger partial charge on any atom is 0.240 e. The van der Waals surface area contributed by atoms with E-state index in [2.05, 4.69) is 16.6 Å². The normalized spacial score (nSPS) is 11.8. The molecule has 0 aliphatic heterocycles. The zero-order valence-electron chi connectivity index (χ0n) is 12.5. The highest BCUT2D eigenvalue weighted by Crippen LogP contribution is 2.20. The van der Waals surface area contributed by atoms with Crippen LogP contribution in [-0.4, -0.2) is 37.7 Å². The first-order valence-electron chi connectivity index (χ1n) is 6.55. The summed E-state index contributed by atoms with van der Waals surface area (Å²) in [7, 11) is -3.50. The minimum atomic E-state index is -3.50. The van der Waals surface area contributed by atoms with Gasteiger partial charge in [-0.25, -0.2) is 13.1 Å². The van der Waals surface area contributed by atoms with E-state index in [1.807, 2.05) is 20.1 Å². The van der Waals surface area contributed by atoms with Gasteiger partial charge in [0.25, 0.3) is 0 Å². The first-order chi connectivity index (χ1) is 9.80. The van der Waals surface area contributed by atoms with Gasteiger partial charge in [-0.1, -0.05) is 11.8 Å². The molecule has 0 unspecified atom stereocenters. The van der Waals surface area contributed by atoms with Crippen molar-refractivity contribution in [2.75, 3.05) is 19.4 Å². The van der Waals surface area contributed by atoms with Crippen LogP contribution in [0.25, 0.3) is 0 Å². The maximum atomic E-state index is 12.2. The van der Waals surface area contributed by atoms with Gasteiger partial charge in [0.05, 0.1) is 11.5 Å². The van der Waals surface area contributed by atoms with Crippen molar-refractivity contribution in [2.45, 2.75) is 29.9 Å². The van der Waals surface area contributed by atoms with Crippen molar-refractivity contribution >= 4 is 21.8 Å². The zero-order chi connectivity index (χ0) is 15.9. The minimum absolute atomic E-state index is 0.0224. The van der Waals surface area contributed by atoms with Crippen molar-refractivity contribution in [1.82, 2.24) is 4.72 Å². The molecule has 0 aliphatic rings. The van der Waals surface area contributed by atoms with Crippen molar-refractivity contribution in [3.05, 3.63) is 29.8 Å². The Bertz CT molecular complexity index is 611. The molecule has 0 heterocycles. The van der Waals surface area contributed by atoms with Gasteiger partial charge in [0, 0.05) is 23.3 Å². The average Bonchev–Trinajstić information content (AvgIpc) is 2.46. The van der Waals surface area contributed by atoms with Gasteiger partial charge in [0.15, 0.2) is 0 Å². The standard InChI is InChI=1S/C15H21NO3S2/c1-15(2,20-3)12-16-21(18,19)14-9-7-13(8-10-14)6-4-5-11-17/h7-10,16-17H,5,11-12H2,1-3H3. The number of thioether (sulfide) groups is 1. The van der Waals surface area contributed by atoms with Crippen LogP contribution in [-0.2, 0) is 10.0 Å². The Balaban J connectivity index is 2.79. The van der Waals surface area contributed by atoms with Crippen LogP contribution < -0.4 is 4.72 Å². The molecule has 0 saturated heterocycles. The SMILES string of the molecule is CSC(C)(C)CNS(=O)(=O)c1ccc(C#CCCO)cc1. The van der Waals surface area contributed by atoms with Gasteiger partial charge in [-0.2, -0.15) is 11.8 Å². The van der Waals surface area contributed by atoms with E-state index in [9.17, 15) is 8.42 Å². The van der Waals surface area contributed by atoms with E-state index in [4.69, 9.17) is 5.11 Å². The fraction of sp³-hybridized carbons (Fsp3) is 0.467. The summed E-state index contributed by atoms with van der Waals surface area (Å²) >= 11 is 1.61. The van der Waals surface area contributed by atoms with Crippen LogP contribution in [0.2, 0.25) is 0 Å². The van der Waals surface area contributed by atoms with E-state index < -0.39 is 10.0 Å². The highest BCUT2D eigenvalue weighted by atomic mass is 32.2. The van der Waals surface area contributed by atoms with E-state index in [1.54, 1.807) is 23.9 Å². The molecular weight excluding hydrogens is 306 g/mol. The van der Waals surface area contributed by atoms with Gasteiger partial charge in [0.1, 0.15) is 0 Å². The molecular formula is C15H21NO3S2. The molecule has 1 aromatic rings. The largest absolute Gasteiger partial charge is 0.395 e. The summed E-state index contributed by atoms with van der Waals surface area (Å²) in [5.74, 6) is 5.66. The summed E-state index contributed by atoms with van der Waals surface area (Å²) in [5.41, 5.74) is 0.729. The van der Waals surface area contributed by atoms with Gasteiger partial charge in [-0.3, -0.25) is 0 Å². The van der Waals surface area contributed by atoms with E-state index in [1.165, 1.54) is 12.1 Å². The van der Waals surface area contributed by atoms with Gasteiger partial charge in [-0.15, -0.1) is 0 Å². The topological polar surface area (TPSA) is 66.4 Å². The monoisotopic (exact) mass is 327 g/mol. The van der Waals surface area contributed by atoms with Crippen LogP contribution >= 0.6 is 11.8 Å². The molecule has 21 heavy (non-hydrogen) atoms. The molecule has 0 fully saturated rings. The predicted octanol–water partition coefficient (Wildman–Crippen LogP) is 1.84. The van der Waals surface area contributed by atoms with Crippen molar-refractivity contribution < 1.29 is 13.5 Å².